The summed E-state index contributed by atoms with van der Waals surface area (Å²) >= 11 is 0. The molecule has 46 heavy (non-hydrogen) atoms. The molecule has 11 heteroatoms. The molecule has 248 valence electrons. The van der Waals surface area contributed by atoms with Gasteiger partial charge in [-0.3, -0.25) is 14.5 Å². The number of carbonyl (C=O) groups excluding carboxylic acids is 3. The number of hydrogen-bond donors (Lipinski definition) is 1. The van der Waals surface area contributed by atoms with Gasteiger partial charge in [0.25, 0.3) is 5.91 Å². The molecule has 4 heterocycles. The molecule has 3 amide bonds. The first-order valence-corrected chi connectivity index (χ1v) is 16.6. The highest BCUT2D eigenvalue weighted by Crippen LogP contribution is 2.35. The van der Waals surface area contributed by atoms with Gasteiger partial charge >= 0.3 is 6.09 Å². The third-order valence-corrected chi connectivity index (χ3v) is 8.93. The number of rotatable bonds is 7. The van der Waals surface area contributed by atoms with Crippen LogP contribution in [0.15, 0.2) is 48.0 Å². The second-order valence-corrected chi connectivity index (χ2v) is 13.9. The molecule has 5 rings (SSSR count). The fourth-order valence-corrected chi connectivity index (χ4v) is 6.83. The Kier molecular flexibility index (Phi) is 9.88. The second-order valence-electron chi connectivity index (χ2n) is 13.9. The van der Waals surface area contributed by atoms with Gasteiger partial charge in [0.2, 0.25) is 11.9 Å². The summed E-state index contributed by atoms with van der Waals surface area (Å²) in [4.78, 5) is 54.3. The molecule has 1 saturated carbocycles. The predicted octanol–water partition coefficient (Wildman–Crippen LogP) is 6.41. The van der Waals surface area contributed by atoms with Crippen LogP contribution in [0, 0.1) is 0 Å². The fraction of sp³-hybridized carbons (Fsp3) is 0.571. The number of carbonyl (C=O) groups is 3. The van der Waals surface area contributed by atoms with Crippen LogP contribution in [0.25, 0.3) is 11.0 Å². The Balaban J connectivity index is 1.38. The number of hydrogen-bond acceptors (Lipinski definition) is 7. The van der Waals surface area contributed by atoms with E-state index in [4.69, 9.17) is 9.72 Å². The molecule has 2 aromatic heterocycles. The van der Waals surface area contributed by atoms with Gasteiger partial charge in [-0.15, -0.1) is 0 Å². The first-order valence-electron chi connectivity index (χ1n) is 16.6. The van der Waals surface area contributed by atoms with Crippen LogP contribution in [0.1, 0.15) is 103 Å². The first-order chi connectivity index (χ1) is 21.9. The summed E-state index contributed by atoms with van der Waals surface area (Å²) in [6.45, 7) is 9.84. The van der Waals surface area contributed by atoms with Crippen molar-refractivity contribution in [3.8, 4) is 0 Å². The van der Waals surface area contributed by atoms with Crippen molar-refractivity contribution < 1.29 is 19.1 Å². The molecule has 1 aliphatic carbocycles. The summed E-state index contributed by atoms with van der Waals surface area (Å²) in [5, 5.41) is 4.15. The molecular weight excluding hydrogens is 582 g/mol. The van der Waals surface area contributed by atoms with Crippen molar-refractivity contribution in [3.05, 3.63) is 53.7 Å². The van der Waals surface area contributed by atoms with Gasteiger partial charge in [-0.25, -0.2) is 9.78 Å². The quantitative estimate of drug-likeness (QED) is 0.351. The third-order valence-electron chi connectivity index (χ3n) is 8.93. The van der Waals surface area contributed by atoms with Gasteiger partial charge in [0, 0.05) is 62.1 Å². The van der Waals surface area contributed by atoms with Crippen molar-refractivity contribution in [2.24, 2.45) is 0 Å². The van der Waals surface area contributed by atoms with Crippen molar-refractivity contribution in [2.45, 2.75) is 110 Å². The maximum absolute atomic E-state index is 13.5. The zero-order valence-corrected chi connectivity index (χ0v) is 28.4. The van der Waals surface area contributed by atoms with E-state index in [1.165, 1.54) is 6.42 Å². The summed E-state index contributed by atoms with van der Waals surface area (Å²) in [5.74, 6) is 0.392. The number of nitrogens with one attached hydrogen (secondary N) is 1. The Labute approximate surface area is 272 Å². The smallest absolute Gasteiger partial charge is 0.410 e. The molecule has 2 saturated heterocycles. The van der Waals surface area contributed by atoms with Gasteiger partial charge < -0.3 is 24.4 Å². The minimum Gasteiger partial charge on any atom is -0.444 e. The number of likely N-dealkylation sites (tertiary alicyclic amines) is 1. The molecule has 3 fully saturated rings. The van der Waals surface area contributed by atoms with E-state index in [-0.39, 0.29) is 42.5 Å². The molecule has 2 bridgehead atoms. The number of anilines is 1. The van der Waals surface area contributed by atoms with Crippen molar-refractivity contribution >= 4 is 34.9 Å². The minimum absolute atomic E-state index is 0.00976. The second kappa shape index (κ2) is 13.7. The molecule has 2 aromatic rings. The lowest BCUT2D eigenvalue weighted by Gasteiger charge is -2.31. The summed E-state index contributed by atoms with van der Waals surface area (Å²) in [6, 6.07) is 1.87. The van der Waals surface area contributed by atoms with Crippen LogP contribution >= 0.6 is 0 Å². The molecule has 1 N–H and O–H groups in total. The zero-order chi connectivity index (χ0) is 33.2. The average molecular weight is 632 g/mol. The van der Waals surface area contributed by atoms with Gasteiger partial charge in [-0.1, -0.05) is 25.3 Å². The Morgan fingerprint density at radius 3 is 2.43 bits per heavy atom. The summed E-state index contributed by atoms with van der Waals surface area (Å²) < 4.78 is 7.82. The van der Waals surface area contributed by atoms with E-state index < -0.39 is 5.60 Å². The van der Waals surface area contributed by atoms with Gasteiger partial charge in [0.15, 0.2) is 0 Å². The van der Waals surface area contributed by atoms with Crippen molar-refractivity contribution in [2.75, 3.05) is 26.0 Å². The largest absolute Gasteiger partial charge is 0.444 e. The van der Waals surface area contributed by atoms with E-state index >= 15 is 0 Å². The average Bonchev–Trinajstić information content (AvgIpc) is 3.53. The molecule has 0 radical (unpaired) electrons. The van der Waals surface area contributed by atoms with E-state index in [0.29, 0.717) is 18.2 Å². The SMILES string of the molecule is C\C=C/C(=C\C=C(/C)Nc1ncc2cc(C(=O)N(C)C)n(C3CCCCC3)c2n1)N1CC2CCC(CC1=O)N2C(=O)OC(C)(C)C. The van der Waals surface area contributed by atoms with Crippen LogP contribution in [0.3, 0.4) is 0 Å². The fourth-order valence-electron chi connectivity index (χ4n) is 6.83. The number of amides is 3. The van der Waals surface area contributed by atoms with Crippen LogP contribution in [0.2, 0.25) is 0 Å². The Morgan fingerprint density at radius 2 is 1.76 bits per heavy atom. The van der Waals surface area contributed by atoms with Crippen LogP contribution in [0.5, 0.6) is 0 Å². The van der Waals surface area contributed by atoms with Crippen LogP contribution < -0.4 is 5.32 Å². The first kappa shape index (κ1) is 33.2. The van der Waals surface area contributed by atoms with Gasteiger partial charge in [0.05, 0.1) is 6.04 Å². The van der Waals surface area contributed by atoms with E-state index in [2.05, 4.69) is 14.9 Å². The molecule has 2 atom stereocenters. The highest BCUT2D eigenvalue weighted by atomic mass is 16.6. The van der Waals surface area contributed by atoms with Crippen molar-refractivity contribution in [3.63, 3.8) is 0 Å². The van der Waals surface area contributed by atoms with E-state index in [9.17, 15) is 14.4 Å². The number of nitrogens with zero attached hydrogens (tertiary/aromatic N) is 6. The Morgan fingerprint density at radius 1 is 1.04 bits per heavy atom. The maximum Gasteiger partial charge on any atom is 0.410 e. The van der Waals surface area contributed by atoms with E-state index in [0.717, 1.165) is 61.0 Å². The van der Waals surface area contributed by atoms with Crippen LogP contribution in [0.4, 0.5) is 10.7 Å². The molecule has 2 aliphatic heterocycles. The number of allylic oxidation sites excluding steroid dienone is 5. The predicted molar refractivity (Wildman–Crippen MR) is 179 cm³/mol. The van der Waals surface area contributed by atoms with Crippen molar-refractivity contribution in [1.82, 2.24) is 29.2 Å². The Bertz CT molecular complexity index is 1560. The van der Waals surface area contributed by atoms with Crippen molar-refractivity contribution in [1.29, 1.82) is 0 Å². The monoisotopic (exact) mass is 631 g/mol. The molecule has 3 aliphatic rings. The van der Waals surface area contributed by atoms with Gasteiger partial charge in [0.1, 0.15) is 16.9 Å². The van der Waals surface area contributed by atoms with E-state index in [1.807, 2.05) is 65.0 Å². The highest BCUT2D eigenvalue weighted by Gasteiger charge is 2.44. The van der Waals surface area contributed by atoms with Crippen LogP contribution in [-0.2, 0) is 9.53 Å². The lowest BCUT2D eigenvalue weighted by molar-refractivity contribution is -0.129. The molecule has 2 unspecified atom stereocenters. The van der Waals surface area contributed by atoms with E-state index in [1.54, 1.807) is 35.0 Å². The standard InChI is InChI=1S/C35H49N7O4/c1-8-12-25(40-22-28-18-17-27(20-30(40)43)41(28)34(45)46-35(3,4)5)16-15-23(2)37-33-36-21-24-19-29(32(44)39(6)7)42(31(24)38-33)26-13-10-9-11-14-26/h8,12,15-16,19,21,26-28H,9-11,13-14,17-18,20,22H2,1-7H3,(H,36,37,38)/b12-8-,23-15+,25-16+. The summed E-state index contributed by atoms with van der Waals surface area (Å²) in [6.07, 6.45) is 16.5. The Hall–Kier alpha value is -4.15. The van der Waals surface area contributed by atoms with Gasteiger partial charge in [-0.2, -0.15) is 4.98 Å². The molecule has 11 nitrogen and oxygen atoms in total. The molecule has 0 spiro atoms. The number of ether oxygens (including phenoxy) is 1. The van der Waals surface area contributed by atoms with Gasteiger partial charge in [-0.05, 0) is 84.6 Å². The highest BCUT2D eigenvalue weighted by molar-refractivity contribution is 5.97. The summed E-state index contributed by atoms with van der Waals surface area (Å²) in [5.41, 5.74) is 2.34. The lowest BCUT2D eigenvalue weighted by atomic mass is 9.95. The third kappa shape index (κ3) is 7.29. The number of fused-ring (bicyclic) bond motifs is 3. The topological polar surface area (TPSA) is 113 Å². The number of aromatic nitrogens is 3. The lowest BCUT2D eigenvalue weighted by Crippen LogP contribution is -2.45. The minimum atomic E-state index is -0.600. The zero-order valence-electron chi connectivity index (χ0n) is 28.4. The molecule has 0 aromatic carbocycles. The maximum atomic E-state index is 13.5. The normalized spacial score (nSPS) is 21.7. The molecular formula is C35H49N7O4. The summed E-state index contributed by atoms with van der Waals surface area (Å²) in [7, 11) is 3.54. The van der Waals surface area contributed by atoms with Crippen LogP contribution in [-0.4, -0.2) is 85.5 Å².